The summed E-state index contributed by atoms with van der Waals surface area (Å²) in [4.78, 5) is 52.7. The van der Waals surface area contributed by atoms with Crippen LogP contribution in [0.1, 0.15) is 48.0 Å². The second-order valence-corrected chi connectivity index (χ2v) is 12.6. The molecule has 1 aromatic heterocycles. The van der Waals surface area contributed by atoms with E-state index in [4.69, 9.17) is 22.1 Å². The molecule has 3 fully saturated rings. The summed E-state index contributed by atoms with van der Waals surface area (Å²) in [7, 11) is 0. The Labute approximate surface area is 272 Å². The molecule has 248 valence electrons. The molecular weight excluding hydrogens is 641 g/mol. The molecule has 47 heavy (non-hydrogen) atoms. The first-order chi connectivity index (χ1) is 22.3. The Bertz CT molecular complexity index is 1670. The fraction of sp³-hybridized carbons (Fsp3) is 0.419. The number of nitrogens with two attached hydrogens (primary N) is 1. The van der Waals surface area contributed by atoms with Gasteiger partial charge in [-0.3, -0.25) is 14.4 Å². The first-order valence-electron chi connectivity index (χ1n) is 15.1. The van der Waals surface area contributed by atoms with Crippen LogP contribution in [0.15, 0.2) is 48.5 Å². The molecular formula is C31H32ClF3N8O4. The molecule has 3 aromatic rings. The monoisotopic (exact) mass is 672 g/mol. The summed E-state index contributed by atoms with van der Waals surface area (Å²) in [5, 5.41) is 6.90. The number of alkyl halides is 3. The smallest absolute Gasteiger partial charge is 0.392 e. The summed E-state index contributed by atoms with van der Waals surface area (Å²) < 4.78 is 43.6. The third kappa shape index (κ3) is 7.50. The maximum atomic E-state index is 13.3. The highest BCUT2D eigenvalue weighted by Gasteiger charge is 2.47. The SMILES string of the molecule is NC(=O)C(=O)N1CCC2(CCN(C(=O)c3ccc(Nc4nc(NC5(c6ccc(Cl)cc6)CC5)nc(OCCC(F)(F)F)n4)cc3)C2)C1. The molecule has 0 radical (unpaired) electrons. The Morgan fingerprint density at radius 1 is 0.894 bits per heavy atom. The standard InChI is InChI=1S/C31H32ClF3N8O4/c32-21-5-3-20(4-6-21)30(9-10-30)41-27-38-26(39-28(40-27)47-16-13-31(33,34)35)37-22-7-1-19(2-8-22)24(45)42-14-11-29(17-42)12-15-43(18-29)25(46)23(36)44/h1-8H,9-18H2,(H2,36,44)(H2,37,38,39,40,41). The van der Waals surface area contributed by atoms with Crippen LogP contribution in [0.5, 0.6) is 6.01 Å². The van der Waals surface area contributed by atoms with Crippen molar-refractivity contribution in [3.63, 3.8) is 0 Å². The lowest BCUT2D eigenvalue weighted by molar-refractivity contribution is -0.143. The number of rotatable bonds is 9. The van der Waals surface area contributed by atoms with Crippen LogP contribution in [0.4, 0.5) is 30.8 Å². The van der Waals surface area contributed by atoms with Crippen LogP contribution in [0, 0.1) is 5.41 Å². The maximum Gasteiger partial charge on any atom is 0.392 e. The molecule has 6 rings (SSSR count). The third-order valence-corrected chi connectivity index (χ3v) is 9.03. The summed E-state index contributed by atoms with van der Waals surface area (Å²) in [5.74, 6) is -1.70. The van der Waals surface area contributed by atoms with Gasteiger partial charge in [0.05, 0.1) is 12.0 Å². The molecule has 4 N–H and O–H groups in total. The van der Waals surface area contributed by atoms with Crippen molar-refractivity contribution in [1.82, 2.24) is 24.8 Å². The fourth-order valence-electron chi connectivity index (χ4n) is 6.10. The fourth-order valence-corrected chi connectivity index (χ4v) is 6.22. The molecule has 3 heterocycles. The number of carbonyl (C=O) groups excluding carboxylic acids is 3. The zero-order valence-electron chi connectivity index (χ0n) is 25.1. The highest BCUT2D eigenvalue weighted by Crippen LogP contribution is 2.48. The quantitative estimate of drug-likeness (QED) is 0.283. The van der Waals surface area contributed by atoms with Gasteiger partial charge in [-0.1, -0.05) is 23.7 Å². The second-order valence-electron chi connectivity index (χ2n) is 12.2. The topological polar surface area (TPSA) is 156 Å². The lowest BCUT2D eigenvalue weighted by atomic mass is 9.86. The highest BCUT2D eigenvalue weighted by atomic mass is 35.5. The number of benzene rings is 2. The highest BCUT2D eigenvalue weighted by molar-refractivity contribution is 6.34. The summed E-state index contributed by atoms with van der Waals surface area (Å²) in [5.41, 5.74) is 6.36. The van der Waals surface area contributed by atoms with Crippen molar-refractivity contribution in [2.75, 3.05) is 43.4 Å². The Morgan fingerprint density at radius 2 is 1.53 bits per heavy atom. The summed E-state index contributed by atoms with van der Waals surface area (Å²) in [6.45, 7) is 1.13. The van der Waals surface area contributed by atoms with Crippen molar-refractivity contribution in [3.05, 3.63) is 64.7 Å². The zero-order chi connectivity index (χ0) is 33.4. The van der Waals surface area contributed by atoms with Crippen molar-refractivity contribution >= 4 is 46.9 Å². The first-order valence-corrected chi connectivity index (χ1v) is 15.4. The van der Waals surface area contributed by atoms with Gasteiger partial charge in [0.2, 0.25) is 11.9 Å². The van der Waals surface area contributed by atoms with Crippen LogP contribution >= 0.6 is 11.6 Å². The minimum atomic E-state index is -4.40. The van der Waals surface area contributed by atoms with E-state index < -0.39 is 36.6 Å². The molecule has 2 aromatic carbocycles. The van der Waals surface area contributed by atoms with E-state index >= 15 is 0 Å². The normalized spacial score (nSPS) is 19.9. The lowest BCUT2D eigenvalue weighted by Crippen LogP contribution is -2.41. The van der Waals surface area contributed by atoms with Crippen molar-refractivity contribution in [3.8, 4) is 6.01 Å². The second kappa shape index (κ2) is 12.5. The average Bonchev–Trinajstić information content (AvgIpc) is 3.49. The number of likely N-dealkylation sites (tertiary alicyclic amines) is 2. The van der Waals surface area contributed by atoms with E-state index in [2.05, 4.69) is 25.6 Å². The van der Waals surface area contributed by atoms with Crippen molar-refractivity contribution in [2.24, 2.45) is 11.1 Å². The number of aromatic nitrogens is 3. The van der Waals surface area contributed by atoms with Gasteiger partial charge in [0.1, 0.15) is 6.61 Å². The Hall–Kier alpha value is -4.66. The van der Waals surface area contributed by atoms with E-state index in [1.54, 1.807) is 41.3 Å². The molecule has 1 saturated carbocycles. The number of nitrogens with one attached hydrogen (secondary N) is 2. The van der Waals surface area contributed by atoms with Gasteiger partial charge in [-0.25, -0.2) is 0 Å². The summed E-state index contributed by atoms with van der Waals surface area (Å²) in [6.07, 6.45) is -2.61. The maximum absolute atomic E-state index is 13.3. The largest absolute Gasteiger partial charge is 0.463 e. The van der Waals surface area contributed by atoms with E-state index in [9.17, 15) is 27.6 Å². The Balaban J connectivity index is 1.14. The van der Waals surface area contributed by atoms with Crippen LogP contribution < -0.4 is 21.1 Å². The van der Waals surface area contributed by atoms with E-state index in [1.807, 2.05) is 12.1 Å². The molecule has 1 aliphatic carbocycles. The molecule has 1 unspecified atom stereocenters. The molecule has 3 aliphatic rings. The number of hydrogen-bond donors (Lipinski definition) is 3. The number of carbonyl (C=O) groups is 3. The molecule has 2 saturated heterocycles. The number of primary amides is 1. The van der Waals surface area contributed by atoms with E-state index in [-0.39, 0.29) is 29.2 Å². The minimum Gasteiger partial charge on any atom is -0.463 e. The number of amides is 3. The number of halogens is 4. The van der Waals surface area contributed by atoms with Crippen LogP contribution in [0.3, 0.4) is 0 Å². The van der Waals surface area contributed by atoms with E-state index in [0.29, 0.717) is 55.3 Å². The van der Waals surface area contributed by atoms with Gasteiger partial charge >= 0.3 is 24.0 Å². The van der Waals surface area contributed by atoms with Crippen LogP contribution in [-0.4, -0.2) is 81.4 Å². The molecule has 1 spiro atoms. The van der Waals surface area contributed by atoms with Crippen LogP contribution in [0.2, 0.25) is 5.02 Å². The number of hydrogen-bond acceptors (Lipinski definition) is 9. The minimum absolute atomic E-state index is 0.0354. The molecule has 0 bridgehead atoms. The van der Waals surface area contributed by atoms with E-state index in [0.717, 1.165) is 18.4 Å². The van der Waals surface area contributed by atoms with Crippen molar-refractivity contribution in [1.29, 1.82) is 0 Å². The molecule has 16 heteroatoms. The molecule has 12 nitrogen and oxygen atoms in total. The van der Waals surface area contributed by atoms with Gasteiger partial charge in [0, 0.05) is 47.9 Å². The van der Waals surface area contributed by atoms with Gasteiger partial charge in [-0.2, -0.15) is 28.1 Å². The van der Waals surface area contributed by atoms with Gasteiger partial charge in [0.15, 0.2) is 0 Å². The number of nitrogens with zero attached hydrogens (tertiary/aromatic N) is 5. The Morgan fingerprint density at radius 3 is 2.17 bits per heavy atom. The summed E-state index contributed by atoms with van der Waals surface area (Å²) >= 11 is 6.05. The van der Waals surface area contributed by atoms with Gasteiger partial charge in [-0.15, -0.1) is 0 Å². The summed E-state index contributed by atoms with van der Waals surface area (Å²) in [6, 6.07) is 13.7. The zero-order valence-corrected chi connectivity index (χ0v) is 25.9. The Kier molecular flexibility index (Phi) is 8.59. The van der Waals surface area contributed by atoms with Crippen LogP contribution in [0.25, 0.3) is 0 Å². The molecule has 3 amide bonds. The predicted octanol–water partition coefficient (Wildman–Crippen LogP) is 4.25. The van der Waals surface area contributed by atoms with Crippen LogP contribution in [-0.2, 0) is 15.1 Å². The van der Waals surface area contributed by atoms with E-state index in [1.165, 1.54) is 4.90 Å². The number of anilines is 3. The number of ether oxygens (including phenoxy) is 1. The van der Waals surface area contributed by atoms with Gasteiger partial charge in [-0.05, 0) is 67.6 Å². The van der Waals surface area contributed by atoms with Gasteiger partial charge in [0.25, 0.3) is 5.91 Å². The predicted molar refractivity (Wildman–Crippen MR) is 165 cm³/mol. The van der Waals surface area contributed by atoms with Crippen molar-refractivity contribution in [2.45, 2.75) is 43.8 Å². The molecule has 2 aliphatic heterocycles. The lowest BCUT2D eigenvalue weighted by Gasteiger charge is -2.24. The average molecular weight is 673 g/mol. The third-order valence-electron chi connectivity index (χ3n) is 8.78. The first kappa shape index (κ1) is 32.3. The van der Waals surface area contributed by atoms with Gasteiger partial charge < -0.3 is 30.9 Å². The molecule has 1 atom stereocenters. The van der Waals surface area contributed by atoms with Crippen molar-refractivity contribution < 1.29 is 32.3 Å².